The van der Waals surface area contributed by atoms with Gasteiger partial charge in [-0.05, 0) is 38.5 Å². The summed E-state index contributed by atoms with van der Waals surface area (Å²) in [5, 5.41) is 3.16. The largest absolute Gasteiger partial charge is 0.462 e. The van der Waals surface area contributed by atoms with E-state index < -0.39 is 17.6 Å². The van der Waals surface area contributed by atoms with Crippen molar-refractivity contribution in [2.75, 3.05) is 26.2 Å². The first kappa shape index (κ1) is 21.4. The standard InChI is InChI=1S/C12H14F4N2.C5H10O2/c13-11-2-1-9(7-10(11)12(14,15)16)8-18-5-3-17-4-6-18;1-5(2,3)7-4-6/h1-2,7,17H,3-6,8H2;4H,1-3H3. The Bertz CT molecular complexity index is 551. The maximum absolute atomic E-state index is 13.1. The van der Waals surface area contributed by atoms with E-state index in [0.29, 0.717) is 18.6 Å². The molecule has 0 aromatic heterocycles. The number of halogens is 4. The van der Waals surface area contributed by atoms with Crippen molar-refractivity contribution in [1.29, 1.82) is 0 Å². The average molecular weight is 364 g/mol. The third kappa shape index (κ3) is 8.31. The molecular formula is C17H24F4N2O2. The first-order valence-electron chi connectivity index (χ1n) is 7.93. The number of carbonyl (C=O) groups excluding carboxylic acids is 1. The topological polar surface area (TPSA) is 41.6 Å². The smallest absolute Gasteiger partial charge is 0.419 e. The number of piperazine rings is 1. The zero-order valence-electron chi connectivity index (χ0n) is 14.6. The van der Waals surface area contributed by atoms with E-state index in [1.165, 1.54) is 6.07 Å². The molecule has 0 amide bonds. The molecule has 142 valence electrons. The molecule has 1 aromatic rings. The van der Waals surface area contributed by atoms with Crippen LogP contribution in [0.25, 0.3) is 0 Å². The van der Waals surface area contributed by atoms with Crippen molar-refractivity contribution in [2.45, 2.75) is 39.1 Å². The summed E-state index contributed by atoms with van der Waals surface area (Å²) in [6.45, 7) is 9.58. The first-order chi connectivity index (χ1) is 11.5. The van der Waals surface area contributed by atoms with Gasteiger partial charge in [-0.3, -0.25) is 9.69 Å². The van der Waals surface area contributed by atoms with Gasteiger partial charge in [-0.2, -0.15) is 13.2 Å². The Labute approximate surface area is 145 Å². The molecule has 0 atom stereocenters. The van der Waals surface area contributed by atoms with Crippen LogP contribution in [0.1, 0.15) is 31.9 Å². The lowest BCUT2D eigenvalue weighted by atomic mass is 10.1. The SMILES string of the molecule is CC(C)(C)OC=O.Fc1ccc(CN2CCNCC2)cc1C(F)(F)F. The maximum atomic E-state index is 13.1. The van der Waals surface area contributed by atoms with Crippen molar-refractivity contribution < 1.29 is 27.1 Å². The number of ether oxygens (including phenoxy) is 1. The molecule has 1 saturated heterocycles. The molecule has 1 aliphatic rings. The van der Waals surface area contributed by atoms with Gasteiger partial charge in [0.05, 0.1) is 5.56 Å². The molecule has 0 saturated carbocycles. The van der Waals surface area contributed by atoms with Crippen molar-refractivity contribution in [2.24, 2.45) is 0 Å². The third-order valence-electron chi connectivity index (χ3n) is 3.35. The summed E-state index contributed by atoms with van der Waals surface area (Å²) >= 11 is 0. The Morgan fingerprint density at radius 3 is 2.24 bits per heavy atom. The number of benzene rings is 1. The molecule has 0 radical (unpaired) electrons. The molecule has 1 aliphatic heterocycles. The number of rotatable bonds is 3. The fourth-order valence-corrected chi connectivity index (χ4v) is 2.16. The molecule has 8 heteroatoms. The molecular weight excluding hydrogens is 340 g/mol. The number of alkyl halides is 3. The second-order valence-electron chi connectivity index (χ2n) is 6.66. The van der Waals surface area contributed by atoms with Gasteiger partial charge in [0.1, 0.15) is 11.4 Å². The van der Waals surface area contributed by atoms with Gasteiger partial charge in [0.25, 0.3) is 6.47 Å². The summed E-state index contributed by atoms with van der Waals surface area (Å²) in [7, 11) is 0. The highest BCUT2D eigenvalue weighted by molar-refractivity contribution is 5.37. The Hall–Kier alpha value is -1.67. The molecule has 4 nitrogen and oxygen atoms in total. The van der Waals surface area contributed by atoms with Crippen LogP contribution in [0.15, 0.2) is 18.2 Å². The van der Waals surface area contributed by atoms with Crippen LogP contribution in [0.3, 0.4) is 0 Å². The lowest BCUT2D eigenvalue weighted by molar-refractivity contribution is -0.140. The van der Waals surface area contributed by atoms with E-state index in [0.717, 1.165) is 38.3 Å². The maximum Gasteiger partial charge on any atom is 0.419 e. The van der Waals surface area contributed by atoms with Crippen LogP contribution < -0.4 is 5.32 Å². The van der Waals surface area contributed by atoms with E-state index in [2.05, 4.69) is 10.1 Å². The molecule has 1 fully saturated rings. The lowest BCUT2D eigenvalue weighted by Crippen LogP contribution is -2.42. The van der Waals surface area contributed by atoms with Crippen molar-refractivity contribution in [3.05, 3.63) is 35.1 Å². The Morgan fingerprint density at radius 1 is 1.20 bits per heavy atom. The molecule has 1 N–H and O–H groups in total. The van der Waals surface area contributed by atoms with Crippen LogP contribution in [-0.4, -0.2) is 43.2 Å². The van der Waals surface area contributed by atoms with Gasteiger partial charge in [-0.1, -0.05) is 6.07 Å². The van der Waals surface area contributed by atoms with Crippen molar-refractivity contribution in [3.63, 3.8) is 0 Å². The minimum absolute atomic E-state index is 0.318. The molecule has 1 aromatic carbocycles. The van der Waals surface area contributed by atoms with Crippen molar-refractivity contribution in [1.82, 2.24) is 10.2 Å². The fourth-order valence-electron chi connectivity index (χ4n) is 2.16. The van der Waals surface area contributed by atoms with Crippen LogP contribution in [0.2, 0.25) is 0 Å². The van der Waals surface area contributed by atoms with Crippen LogP contribution in [0, 0.1) is 5.82 Å². The van der Waals surface area contributed by atoms with E-state index in [-0.39, 0.29) is 5.60 Å². The summed E-state index contributed by atoms with van der Waals surface area (Å²) < 4.78 is 55.3. The predicted octanol–water partition coefficient (Wildman–Crippen LogP) is 3.21. The first-order valence-corrected chi connectivity index (χ1v) is 7.93. The van der Waals surface area contributed by atoms with Crippen LogP contribution in [-0.2, 0) is 22.3 Å². The Balaban J connectivity index is 0.000000381. The van der Waals surface area contributed by atoms with Gasteiger partial charge in [0.15, 0.2) is 0 Å². The van der Waals surface area contributed by atoms with Crippen molar-refractivity contribution >= 4 is 6.47 Å². The number of hydrogen-bond donors (Lipinski definition) is 1. The Kier molecular flexibility index (Phi) is 7.82. The predicted molar refractivity (Wildman–Crippen MR) is 86.5 cm³/mol. The highest BCUT2D eigenvalue weighted by Gasteiger charge is 2.34. The van der Waals surface area contributed by atoms with Gasteiger partial charge < -0.3 is 10.1 Å². The van der Waals surface area contributed by atoms with Crippen LogP contribution >= 0.6 is 0 Å². The molecule has 25 heavy (non-hydrogen) atoms. The highest BCUT2D eigenvalue weighted by atomic mass is 19.4. The van der Waals surface area contributed by atoms with Gasteiger partial charge >= 0.3 is 6.18 Å². The quantitative estimate of drug-likeness (QED) is 0.661. The summed E-state index contributed by atoms with van der Waals surface area (Å²) in [5.41, 5.74) is -1.01. The number of carbonyl (C=O) groups is 1. The number of nitrogens with one attached hydrogen (secondary N) is 1. The van der Waals surface area contributed by atoms with E-state index >= 15 is 0 Å². The van der Waals surface area contributed by atoms with E-state index in [9.17, 15) is 22.4 Å². The molecule has 0 spiro atoms. The second kappa shape index (κ2) is 9.15. The van der Waals surface area contributed by atoms with Gasteiger partial charge in [0.2, 0.25) is 0 Å². The number of hydrogen-bond acceptors (Lipinski definition) is 4. The van der Waals surface area contributed by atoms with Gasteiger partial charge in [-0.15, -0.1) is 0 Å². The normalized spacial score (nSPS) is 16.0. The highest BCUT2D eigenvalue weighted by Crippen LogP contribution is 2.32. The average Bonchev–Trinajstić information content (AvgIpc) is 2.48. The summed E-state index contributed by atoms with van der Waals surface area (Å²) in [5.74, 6) is -1.22. The van der Waals surface area contributed by atoms with Gasteiger partial charge in [-0.25, -0.2) is 4.39 Å². The summed E-state index contributed by atoms with van der Waals surface area (Å²) in [6, 6.07) is 3.20. The van der Waals surface area contributed by atoms with E-state index in [1.807, 2.05) is 25.7 Å². The Morgan fingerprint density at radius 2 is 1.80 bits per heavy atom. The van der Waals surface area contributed by atoms with Crippen LogP contribution in [0.4, 0.5) is 17.6 Å². The fraction of sp³-hybridized carbons (Fsp3) is 0.588. The third-order valence-corrected chi connectivity index (χ3v) is 3.35. The second-order valence-corrected chi connectivity index (χ2v) is 6.66. The zero-order chi connectivity index (χ0) is 19.1. The van der Waals surface area contributed by atoms with E-state index in [1.54, 1.807) is 0 Å². The summed E-state index contributed by atoms with van der Waals surface area (Å²) in [4.78, 5) is 11.6. The molecule has 0 aliphatic carbocycles. The molecule has 2 rings (SSSR count). The molecule has 0 bridgehead atoms. The van der Waals surface area contributed by atoms with Crippen LogP contribution in [0.5, 0.6) is 0 Å². The number of nitrogens with zero attached hydrogens (tertiary/aromatic N) is 1. The monoisotopic (exact) mass is 364 g/mol. The minimum atomic E-state index is -4.64. The zero-order valence-corrected chi connectivity index (χ0v) is 14.6. The van der Waals surface area contributed by atoms with Gasteiger partial charge in [0, 0.05) is 32.7 Å². The molecule has 1 heterocycles. The van der Waals surface area contributed by atoms with Crippen molar-refractivity contribution in [3.8, 4) is 0 Å². The lowest BCUT2D eigenvalue weighted by Gasteiger charge is -2.27. The minimum Gasteiger partial charge on any atom is -0.462 e. The molecule has 0 unspecified atom stereocenters. The summed E-state index contributed by atoms with van der Waals surface area (Å²) in [6.07, 6.45) is -4.64. The van der Waals surface area contributed by atoms with E-state index in [4.69, 9.17) is 0 Å².